The summed E-state index contributed by atoms with van der Waals surface area (Å²) in [5.74, 6) is -0.575. The molecule has 164 valence electrons. The van der Waals surface area contributed by atoms with E-state index in [1.807, 2.05) is 0 Å². The van der Waals surface area contributed by atoms with Gasteiger partial charge in [0.05, 0.1) is 33.8 Å². The highest BCUT2D eigenvalue weighted by atomic mass is 32.2. The fraction of sp³-hybridized carbons (Fsp3) is 0.632. The van der Waals surface area contributed by atoms with Gasteiger partial charge in [-0.1, -0.05) is 5.16 Å². The van der Waals surface area contributed by atoms with E-state index in [1.165, 1.54) is 6.92 Å². The number of amides is 1. The minimum atomic E-state index is -4.58. The smallest absolute Gasteiger partial charge is 0.342 e. The predicted molar refractivity (Wildman–Crippen MR) is 101 cm³/mol. The summed E-state index contributed by atoms with van der Waals surface area (Å²) in [6.07, 6.45) is -2.72. The van der Waals surface area contributed by atoms with Gasteiger partial charge in [0.2, 0.25) is 5.91 Å². The zero-order valence-corrected chi connectivity index (χ0v) is 17.2. The average molecular weight is 445 g/mol. The van der Waals surface area contributed by atoms with Crippen LogP contribution in [0.1, 0.15) is 48.6 Å². The van der Waals surface area contributed by atoms with Crippen LogP contribution in [-0.4, -0.2) is 54.0 Å². The number of alkyl halides is 3. The molecular weight excluding hydrogens is 423 g/mol. The lowest BCUT2D eigenvalue weighted by atomic mass is 9.92. The van der Waals surface area contributed by atoms with Crippen LogP contribution in [-0.2, 0) is 20.8 Å². The van der Waals surface area contributed by atoms with E-state index in [2.05, 4.69) is 10.1 Å². The van der Waals surface area contributed by atoms with E-state index in [4.69, 9.17) is 4.52 Å². The normalized spacial score (nSPS) is 24.5. The van der Waals surface area contributed by atoms with Crippen LogP contribution in [0.4, 0.5) is 13.2 Å². The van der Waals surface area contributed by atoms with Gasteiger partial charge in [-0.25, -0.2) is 13.4 Å². The van der Waals surface area contributed by atoms with Crippen LogP contribution in [0.15, 0.2) is 10.6 Å². The molecule has 2 atom stereocenters. The Bertz CT molecular complexity index is 1080. The van der Waals surface area contributed by atoms with Crippen molar-refractivity contribution in [1.29, 1.82) is 0 Å². The molecule has 2 saturated heterocycles. The number of likely N-dealkylation sites (tertiary alicyclic amines) is 1. The first-order valence-corrected chi connectivity index (χ1v) is 11.7. The molecule has 4 heterocycles. The lowest BCUT2D eigenvalue weighted by molar-refractivity contribution is -0.136. The molecule has 0 aromatic carbocycles. The highest BCUT2D eigenvalue weighted by molar-refractivity contribution is 7.91. The molecule has 7 nitrogen and oxygen atoms in total. The minimum Gasteiger partial charge on any atom is -0.342 e. The molecule has 2 aromatic rings. The van der Waals surface area contributed by atoms with Crippen molar-refractivity contribution in [3.8, 4) is 0 Å². The first-order chi connectivity index (χ1) is 14.0. The number of sulfone groups is 1. The standard InChI is InChI=1S/C19H22F3N3O4S/c1-11-17-14(19(20,21)22)8-15(23-18(17)29-24-11)13-3-2-5-25(9-13)16(26)7-12-4-6-30(27,28)10-12/h8,12-13H,2-7,9-10H2,1H3/t12-,13+/m0/s1. The number of halogens is 3. The van der Waals surface area contributed by atoms with Gasteiger partial charge in [-0.15, -0.1) is 0 Å². The van der Waals surface area contributed by atoms with Crippen LogP contribution in [0.5, 0.6) is 0 Å². The largest absolute Gasteiger partial charge is 0.417 e. The molecule has 11 heteroatoms. The quantitative estimate of drug-likeness (QED) is 0.721. The number of rotatable bonds is 3. The van der Waals surface area contributed by atoms with Gasteiger partial charge in [-0.05, 0) is 38.2 Å². The number of aryl methyl sites for hydroxylation is 1. The summed E-state index contributed by atoms with van der Waals surface area (Å²) in [6.45, 7) is 2.19. The van der Waals surface area contributed by atoms with Crippen LogP contribution < -0.4 is 0 Å². The highest BCUT2D eigenvalue weighted by Gasteiger charge is 2.37. The number of carbonyl (C=O) groups is 1. The molecule has 1 amide bonds. The van der Waals surface area contributed by atoms with Crippen molar-refractivity contribution in [2.75, 3.05) is 24.6 Å². The third-order valence-electron chi connectivity index (χ3n) is 5.92. The Morgan fingerprint density at radius 1 is 1.33 bits per heavy atom. The molecule has 0 N–H and O–H groups in total. The zero-order chi connectivity index (χ0) is 21.7. The summed E-state index contributed by atoms with van der Waals surface area (Å²) in [5, 5.41) is 3.48. The number of fused-ring (bicyclic) bond motifs is 1. The molecule has 0 unspecified atom stereocenters. The monoisotopic (exact) mass is 445 g/mol. The third-order valence-corrected chi connectivity index (χ3v) is 7.76. The van der Waals surface area contributed by atoms with Gasteiger partial charge >= 0.3 is 6.18 Å². The fourth-order valence-corrected chi connectivity index (χ4v) is 6.26. The topological polar surface area (TPSA) is 93.4 Å². The van der Waals surface area contributed by atoms with E-state index in [-0.39, 0.29) is 64.7 Å². The van der Waals surface area contributed by atoms with E-state index >= 15 is 0 Å². The van der Waals surface area contributed by atoms with Gasteiger partial charge in [0.1, 0.15) is 0 Å². The number of piperidine rings is 1. The fourth-order valence-electron chi connectivity index (χ4n) is 4.40. The Kier molecular flexibility index (Phi) is 5.27. The summed E-state index contributed by atoms with van der Waals surface area (Å²) >= 11 is 0. The van der Waals surface area contributed by atoms with E-state index < -0.39 is 21.6 Å². The van der Waals surface area contributed by atoms with E-state index in [1.54, 1.807) is 4.90 Å². The van der Waals surface area contributed by atoms with Crippen molar-refractivity contribution >= 4 is 26.8 Å². The van der Waals surface area contributed by atoms with E-state index in [0.717, 1.165) is 6.07 Å². The summed E-state index contributed by atoms with van der Waals surface area (Å²) in [7, 11) is -3.07. The van der Waals surface area contributed by atoms with Crippen LogP contribution in [0.2, 0.25) is 0 Å². The van der Waals surface area contributed by atoms with Gasteiger partial charge in [0.15, 0.2) is 9.84 Å². The lowest BCUT2D eigenvalue weighted by Crippen LogP contribution is -2.40. The Hall–Kier alpha value is -2.17. The number of carbonyl (C=O) groups excluding carboxylic acids is 1. The first-order valence-electron chi connectivity index (χ1n) is 9.86. The van der Waals surface area contributed by atoms with Gasteiger partial charge in [-0.2, -0.15) is 13.2 Å². The Labute approximate surface area is 171 Å². The number of pyridine rings is 1. The maximum atomic E-state index is 13.6. The molecule has 2 aromatic heterocycles. The summed E-state index contributed by atoms with van der Waals surface area (Å²) in [4.78, 5) is 18.6. The SMILES string of the molecule is Cc1noc2nc([C@@H]3CCCN(C(=O)C[C@@H]4CCS(=O)(=O)C4)C3)cc(C(F)(F)F)c12. The molecule has 0 saturated carbocycles. The van der Waals surface area contributed by atoms with Crippen LogP contribution in [0.25, 0.3) is 11.1 Å². The van der Waals surface area contributed by atoms with Crippen LogP contribution in [0, 0.1) is 12.8 Å². The molecule has 2 fully saturated rings. The molecule has 0 bridgehead atoms. The summed E-state index contributed by atoms with van der Waals surface area (Å²) < 4.78 is 69.1. The molecule has 2 aliphatic heterocycles. The molecular formula is C19H22F3N3O4S. The summed E-state index contributed by atoms with van der Waals surface area (Å²) in [6, 6.07) is 1.04. The molecule has 4 rings (SSSR count). The molecule has 30 heavy (non-hydrogen) atoms. The van der Waals surface area contributed by atoms with Crippen molar-refractivity contribution in [3.63, 3.8) is 0 Å². The molecule has 0 aliphatic carbocycles. The number of hydrogen-bond acceptors (Lipinski definition) is 6. The van der Waals surface area contributed by atoms with Crippen molar-refractivity contribution in [3.05, 3.63) is 23.0 Å². The van der Waals surface area contributed by atoms with E-state index in [9.17, 15) is 26.4 Å². The molecule has 0 radical (unpaired) electrons. The van der Waals surface area contributed by atoms with Crippen LogP contribution >= 0.6 is 0 Å². The Balaban J connectivity index is 1.55. The van der Waals surface area contributed by atoms with E-state index in [0.29, 0.717) is 25.8 Å². The average Bonchev–Trinajstić information content (AvgIpc) is 3.22. The minimum absolute atomic E-state index is 0.0218. The first kappa shape index (κ1) is 21.1. The number of hydrogen-bond donors (Lipinski definition) is 0. The van der Waals surface area contributed by atoms with Crippen LogP contribution in [0.3, 0.4) is 0 Å². The second-order valence-electron chi connectivity index (χ2n) is 8.19. The molecule has 0 spiro atoms. The zero-order valence-electron chi connectivity index (χ0n) is 16.4. The lowest BCUT2D eigenvalue weighted by Gasteiger charge is -2.33. The van der Waals surface area contributed by atoms with Crippen molar-refractivity contribution in [2.24, 2.45) is 5.92 Å². The van der Waals surface area contributed by atoms with Gasteiger partial charge < -0.3 is 9.42 Å². The van der Waals surface area contributed by atoms with Gasteiger partial charge in [-0.3, -0.25) is 4.79 Å². The predicted octanol–water partition coefficient (Wildman–Crippen LogP) is 3.08. The highest BCUT2D eigenvalue weighted by Crippen LogP contribution is 2.38. The second-order valence-corrected chi connectivity index (χ2v) is 10.4. The summed E-state index contributed by atoms with van der Waals surface area (Å²) in [5.41, 5.74) is -0.631. The number of aromatic nitrogens is 2. The Morgan fingerprint density at radius 3 is 2.77 bits per heavy atom. The van der Waals surface area contributed by atoms with Gasteiger partial charge in [0.25, 0.3) is 5.71 Å². The maximum absolute atomic E-state index is 13.6. The number of nitrogens with zero attached hydrogens (tertiary/aromatic N) is 3. The Morgan fingerprint density at radius 2 is 2.10 bits per heavy atom. The van der Waals surface area contributed by atoms with Crippen molar-refractivity contribution in [2.45, 2.75) is 44.7 Å². The third kappa shape index (κ3) is 4.17. The van der Waals surface area contributed by atoms with Crippen molar-refractivity contribution in [1.82, 2.24) is 15.0 Å². The van der Waals surface area contributed by atoms with Gasteiger partial charge in [0, 0.05) is 25.4 Å². The maximum Gasteiger partial charge on any atom is 0.417 e. The molecule has 2 aliphatic rings. The second kappa shape index (κ2) is 7.51. The van der Waals surface area contributed by atoms with Crippen molar-refractivity contribution < 1.29 is 30.9 Å².